The lowest BCUT2D eigenvalue weighted by Crippen LogP contribution is -2.19. The van der Waals surface area contributed by atoms with Crippen LogP contribution in [0.1, 0.15) is 11.1 Å². The molecule has 2 aromatic rings. The Labute approximate surface area is 140 Å². The minimum absolute atomic E-state index is 0.162. The van der Waals surface area contributed by atoms with Crippen molar-refractivity contribution in [3.63, 3.8) is 0 Å². The van der Waals surface area contributed by atoms with Gasteiger partial charge in [0, 0.05) is 0 Å². The van der Waals surface area contributed by atoms with Gasteiger partial charge in [0.2, 0.25) is 5.91 Å². The number of methoxy groups -OCH3 is 1. The van der Waals surface area contributed by atoms with E-state index in [1.54, 1.807) is 24.3 Å². The molecular formula is C18H18N2O4. The summed E-state index contributed by atoms with van der Waals surface area (Å²) >= 11 is 0. The third kappa shape index (κ3) is 5.92. The van der Waals surface area contributed by atoms with Gasteiger partial charge in [0.25, 0.3) is 0 Å². The highest BCUT2D eigenvalue weighted by atomic mass is 16.6. The molecule has 0 aliphatic carbocycles. The molecule has 6 nitrogen and oxygen atoms in total. The van der Waals surface area contributed by atoms with Gasteiger partial charge in [0.1, 0.15) is 5.75 Å². The summed E-state index contributed by atoms with van der Waals surface area (Å²) in [6, 6.07) is 16.4. The van der Waals surface area contributed by atoms with Crippen LogP contribution < -0.4 is 10.2 Å². The van der Waals surface area contributed by atoms with Crippen LogP contribution in [0.5, 0.6) is 5.75 Å². The molecule has 0 aliphatic rings. The second-order valence-corrected chi connectivity index (χ2v) is 4.89. The van der Waals surface area contributed by atoms with Gasteiger partial charge in [-0.15, -0.1) is 0 Å². The molecule has 0 fully saturated rings. The molecule has 2 rings (SSSR count). The lowest BCUT2D eigenvalue weighted by atomic mass is 10.1. The summed E-state index contributed by atoms with van der Waals surface area (Å²) in [6.07, 6.45) is 1.77. The average molecular weight is 326 g/mol. The van der Waals surface area contributed by atoms with Crippen molar-refractivity contribution in [2.45, 2.75) is 6.42 Å². The lowest BCUT2D eigenvalue weighted by molar-refractivity contribution is -0.142. The van der Waals surface area contributed by atoms with Crippen LogP contribution in [0.4, 0.5) is 0 Å². The Morgan fingerprint density at radius 3 is 2.67 bits per heavy atom. The fourth-order valence-corrected chi connectivity index (χ4v) is 1.89. The maximum atomic E-state index is 11.8. The van der Waals surface area contributed by atoms with E-state index in [1.165, 1.54) is 13.3 Å². The topological polar surface area (TPSA) is 77.0 Å². The van der Waals surface area contributed by atoms with Crippen LogP contribution in [0.15, 0.2) is 59.7 Å². The number of ether oxygens (including phenoxy) is 2. The van der Waals surface area contributed by atoms with Gasteiger partial charge in [-0.2, -0.15) is 5.10 Å². The highest BCUT2D eigenvalue weighted by Crippen LogP contribution is 2.12. The molecule has 0 spiro atoms. The standard InChI is InChI=1S/C18H18N2O4/c1-23-18(22)13-24-16-9-5-8-15(10-16)12-19-20-17(21)11-14-6-3-2-4-7-14/h2-10,12H,11,13H2,1H3,(H,20,21)/b19-12-. The summed E-state index contributed by atoms with van der Waals surface area (Å²) in [5.74, 6) is -0.141. The third-order valence-corrected chi connectivity index (χ3v) is 3.05. The van der Waals surface area contributed by atoms with Gasteiger partial charge in [-0.1, -0.05) is 42.5 Å². The number of rotatable bonds is 7. The van der Waals surface area contributed by atoms with Crippen LogP contribution in [0.2, 0.25) is 0 Å². The first-order chi connectivity index (χ1) is 11.7. The first kappa shape index (κ1) is 17.2. The number of nitrogens with zero attached hydrogens (tertiary/aromatic N) is 1. The summed E-state index contributed by atoms with van der Waals surface area (Å²) in [5, 5.41) is 3.92. The van der Waals surface area contributed by atoms with Crippen LogP contribution >= 0.6 is 0 Å². The molecule has 0 aromatic heterocycles. The van der Waals surface area contributed by atoms with E-state index in [1.807, 2.05) is 30.3 Å². The number of carbonyl (C=O) groups is 2. The van der Waals surface area contributed by atoms with Crippen LogP contribution in [-0.2, 0) is 20.7 Å². The normalized spacial score (nSPS) is 10.4. The Bertz CT molecular complexity index is 714. The molecule has 0 aliphatic heterocycles. The molecule has 0 bridgehead atoms. The molecule has 24 heavy (non-hydrogen) atoms. The predicted octanol–water partition coefficient (Wildman–Crippen LogP) is 1.93. The van der Waals surface area contributed by atoms with E-state index in [2.05, 4.69) is 15.3 Å². The van der Waals surface area contributed by atoms with Crippen LogP contribution in [0, 0.1) is 0 Å². The molecule has 0 atom stereocenters. The second kappa shape index (κ2) is 9.09. The van der Waals surface area contributed by atoms with Crippen molar-refractivity contribution in [3.8, 4) is 5.75 Å². The second-order valence-electron chi connectivity index (χ2n) is 4.89. The molecule has 0 radical (unpaired) electrons. The number of carbonyl (C=O) groups excluding carboxylic acids is 2. The summed E-state index contributed by atoms with van der Waals surface area (Å²) in [6.45, 7) is -0.162. The van der Waals surface area contributed by atoms with E-state index >= 15 is 0 Å². The molecular weight excluding hydrogens is 308 g/mol. The Morgan fingerprint density at radius 2 is 1.92 bits per heavy atom. The maximum absolute atomic E-state index is 11.8. The van der Waals surface area contributed by atoms with Crippen molar-refractivity contribution in [1.82, 2.24) is 5.43 Å². The van der Waals surface area contributed by atoms with Gasteiger partial charge in [0.15, 0.2) is 6.61 Å². The van der Waals surface area contributed by atoms with Crippen molar-refractivity contribution in [2.75, 3.05) is 13.7 Å². The number of amides is 1. The molecule has 124 valence electrons. The van der Waals surface area contributed by atoms with Gasteiger partial charge in [-0.25, -0.2) is 10.2 Å². The first-order valence-electron chi connectivity index (χ1n) is 7.33. The molecule has 0 heterocycles. The summed E-state index contributed by atoms with van der Waals surface area (Å²) in [5.41, 5.74) is 4.13. The van der Waals surface area contributed by atoms with Crippen molar-refractivity contribution >= 4 is 18.1 Å². The number of hydrogen-bond acceptors (Lipinski definition) is 5. The zero-order chi connectivity index (χ0) is 17.2. The van der Waals surface area contributed by atoms with Gasteiger partial charge in [-0.3, -0.25) is 4.79 Å². The summed E-state index contributed by atoms with van der Waals surface area (Å²) < 4.78 is 9.79. The predicted molar refractivity (Wildman–Crippen MR) is 89.8 cm³/mol. The molecule has 0 saturated carbocycles. The van der Waals surface area contributed by atoms with Crippen LogP contribution in [-0.4, -0.2) is 31.8 Å². The highest BCUT2D eigenvalue weighted by molar-refractivity contribution is 5.83. The molecule has 0 saturated heterocycles. The number of hydrazone groups is 1. The maximum Gasteiger partial charge on any atom is 0.343 e. The Morgan fingerprint density at radius 1 is 1.12 bits per heavy atom. The lowest BCUT2D eigenvalue weighted by Gasteiger charge is -2.05. The van der Waals surface area contributed by atoms with Crippen molar-refractivity contribution in [1.29, 1.82) is 0 Å². The fourth-order valence-electron chi connectivity index (χ4n) is 1.89. The Balaban J connectivity index is 1.85. The van der Waals surface area contributed by atoms with Crippen LogP contribution in [0.25, 0.3) is 0 Å². The fraction of sp³-hybridized carbons (Fsp3) is 0.167. The van der Waals surface area contributed by atoms with Gasteiger partial charge in [0.05, 0.1) is 19.7 Å². The van der Waals surface area contributed by atoms with Crippen molar-refractivity contribution in [3.05, 3.63) is 65.7 Å². The van der Waals surface area contributed by atoms with Crippen molar-refractivity contribution < 1.29 is 19.1 Å². The van der Waals surface area contributed by atoms with E-state index in [9.17, 15) is 9.59 Å². The van der Waals surface area contributed by atoms with E-state index in [0.29, 0.717) is 5.75 Å². The highest BCUT2D eigenvalue weighted by Gasteiger charge is 2.03. The summed E-state index contributed by atoms with van der Waals surface area (Å²) in [4.78, 5) is 22.8. The molecule has 0 unspecified atom stereocenters. The Hall–Kier alpha value is -3.15. The number of benzene rings is 2. The van der Waals surface area contributed by atoms with Gasteiger partial charge < -0.3 is 9.47 Å². The van der Waals surface area contributed by atoms with E-state index in [-0.39, 0.29) is 18.9 Å². The van der Waals surface area contributed by atoms with Gasteiger partial charge >= 0.3 is 5.97 Å². The third-order valence-electron chi connectivity index (χ3n) is 3.05. The SMILES string of the molecule is COC(=O)COc1cccc(/C=N\NC(=O)Cc2ccccc2)c1. The van der Waals surface area contributed by atoms with E-state index in [0.717, 1.165) is 11.1 Å². The average Bonchev–Trinajstić information content (AvgIpc) is 2.61. The van der Waals surface area contributed by atoms with E-state index < -0.39 is 5.97 Å². The zero-order valence-corrected chi connectivity index (χ0v) is 13.3. The molecule has 1 amide bonds. The smallest absolute Gasteiger partial charge is 0.343 e. The molecule has 1 N–H and O–H groups in total. The number of esters is 1. The first-order valence-corrected chi connectivity index (χ1v) is 7.33. The minimum Gasteiger partial charge on any atom is -0.482 e. The molecule has 6 heteroatoms. The number of nitrogens with one attached hydrogen (secondary N) is 1. The van der Waals surface area contributed by atoms with Gasteiger partial charge in [-0.05, 0) is 23.3 Å². The quantitative estimate of drug-likeness (QED) is 0.479. The summed E-state index contributed by atoms with van der Waals surface area (Å²) in [7, 11) is 1.30. The zero-order valence-electron chi connectivity index (χ0n) is 13.3. The molecule has 2 aromatic carbocycles. The largest absolute Gasteiger partial charge is 0.482 e. The Kier molecular flexibility index (Phi) is 6.52. The minimum atomic E-state index is -0.456. The monoisotopic (exact) mass is 326 g/mol. The van der Waals surface area contributed by atoms with Crippen LogP contribution in [0.3, 0.4) is 0 Å². The van der Waals surface area contributed by atoms with Crippen molar-refractivity contribution in [2.24, 2.45) is 5.10 Å². The van der Waals surface area contributed by atoms with E-state index in [4.69, 9.17) is 4.74 Å². The number of hydrogen-bond donors (Lipinski definition) is 1.